The molecule has 1 N–H and O–H groups in total. The highest BCUT2D eigenvalue weighted by atomic mass is 32.1. The van der Waals surface area contributed by atoms with Crippen molar-refractivity contribution in [2.75, 3.05) is 43.5 Å². The van der Waals surface area contributed by atoms with Gasteiger partial charge in [0.2, 0.25) is 0 Å². The van der Waals surface area contributed by atoms with Gasteiger partial charge < -0.3 is 33.6 Å². The Labute approximate surface area is 333 Å². The van der Waals surface area contributed by atoms with Crippen molar-refractivity contribution in [1.82, 2.24) is 24.8 Å². The van der Waals surface area contributed by atoms with E-state index in [4.69, 9.17) is 28.9 Å². The lowest BCUT2D eigenvalue weighted by Gasteiger charge is -2.42. The van der Waals surface area contributed by atoms with Crippen LogP contribution < -0.4 is 15.0 Å². The number of aromatic nitrogens is 3. The maximum Gasteiger partial charge on any atom is 0.412 e. The van der Waals surface area contributed by atoms with Gasteiger partial charge in [-0.2, -0.15) is 15.2 Å². The third-order valence-electron chi connectivity index (χ3n) is 10.8. The molecular formula is C40H46F2N8O6S. The zero-order valence-corrected chi connectivity index (χ0v) is 33.9. The molecule has 4 aliphatic heterocycles. The van der Waals surface area contributed by atoms with Crippen molar-refractivity contribution in [3.8, 4) is 23.3 Å². The van der Waals surface area contributed by atoms with E-state index < -0.39 is 28.9 Å². The average Bonchev–Trinajstić information content (AvgIpc) is 3.91. The Balaban J connectivity index is 1.28. The Hall–Kier alpha value is -4.92. The van der Waals surface area contributed by atoms with Crippen LogP contribution in [-0.2, 0) is 27.4 Å². The minimum Gasteiger partial charge on any atom is -0.462 e. The summed E-state index contributed by atoms with van der Waals surface area (Å²) in [6.07, 6.45) is 3.31. The van der Waals surface area contributed by atoms with E-state index in [1.165, 1.54) is 0 Å². The molecule has 3 aromatic heterocycles. The normalized spacial score (nSPS) is 20.9. The van der Waals surface area contributed by atoms with Crippen LogP contribution in [0.2, 0.25) is 0 Å². The summed E-state index contributed by atoms with van der Waals surface area (Å²) in [5.74, 6) is -0.995. The molecule has 8 rings (SSSR count). The van der Waals surface area contributed by atoms with E-state index in [2.05, 4.69) is 26.2 Å². The van der Waals surface area contributed by atoms with Gasteiger partial charge in [-0.3, -0.25) is 10.3 Å². The number of hydrogen-bond donors (Lipinski definition) is 1. The molecule has 0 spiro atoms. The summed E-state index contributed by atoms with van der Waals surface area (Å²) >= 11 is 0.839. The predicted octanol–water partition coefficient (Wildman–Crippen LogP) is 7.49. The molecule has 2 bridgehead atoms. The molecule has 302 valence electrons. The van der Waals surface area contributed by atoms with Crippen LogP contribution in [0, 0.1) is 23.0 Å². The molecular weight excluding hydrogens is 759 g/mol. The molecule has 7 heterocycles. The second-order valence-corrected chi connectivity index (χ2v) is 18.2. The summed E-state index contributed by atoms with van der Waals surface area (Å²) in [5, 5.41) is 13.6. The number of likely N-dealkylation sites (N-methyl/N-ethyl adjacent to an activating group) is 1. The first-order valence-electron chi connectivity index (χ1n) is 19.2. The number of fused-ring (bicyclic) bond motifs is 6. The number of hydrogen-bond acceptors (Lipinski definition) is 13. The van der Waals surface area contributed by atoms with Crippen molar-refractivity contribution in [2.24, 2.45) is 0 Å². The maximum atomic E-state index is 17.7. The third kappa shape index (κ3) is 7.27. The van der Waals surface area contributed by atoms with Gasteiger partial charge in [0.05, 0.1) is 40.8 Å². The number of nitrogens with one attached hydrogen (secondary N) is 1. The second kappa shape index (κ2) is 14.5. The smallest absolute Gasteiger partial charge is 0.412 e. The summed E-state index contributed by atoms with van der Waals surface area (Å²) < 4.78 is 56.7. The Morgan fingerprint density at radius 2 is 1.72 bits per heavy atom. The quantitative estimate of drug-likeness (QED) is 0.205. The van der Waals surface area contributed by atoms with E-state index in [-0.39, 0.29) is 80.9 Å². The van der Waals surface area contributed by atoms with Crippen LogP contribution in [0.25, 0.3) is 32.2 Å². The van der Waals surface area contributed by atoms with Crippen LogP contribution in [0.5, 0.6) is 6.01 Å². The summed E-state index contributed by atoms with van der Waals surface area (Å²) in [7, 11) is 2.04. The van der Waals surface area contributed by atoms with Crippen LogP contribution in [0.15, 0.2) is 6.20 Å². The van der Waals surface area contributed by atoms with Gasteiger partial charge >= 0.3 is 18.2 Å². The van der Waals surface area contributed by atoms with Crippen LogP contribution >= 0.6 is 11.3 Å². The highest BCUT2D eigenvalue weighted by molar-refractivity contribution is 7.23. The predicted molar refractivity (Wildman–Crippen MR) is 209 cm³/mol. The molecule has 0 saturated carbocycles. The molecule has 57 heavy (non-hydrogen) atoms. The molecule has 14 nitrogen and oxygen atoms in total. The van der Waals surface area contributed by atoms with Crippen molar-refractivity contribution in [1.29, 1.82) is 5.26 Å². The fourth-order valence-corrected chi connectivity index (χ4v) is 9.46. The maximum absolute atomic E-state index is 17.7. The van der Waals surface area contributed by atoms with E-state index in [0.717, 1.165) is 49.8 Å². The number of thiophene rings is 1. The Morgan fingerprint density at radius 1 is 1.02 bits per heavy atom. The first kappa shape index (κ1) is 38.9. The monoisotopic (exact) mass is 804 g/mol. The number of benzene rings is 1. The molecule has 3 fully saturated rings. The van der Waals surface area contributed by atoms with Crippen molar-refractivity contribution >= 4 is 55.3 Å². The molecule has 3 atom stereocenters. The fourth-order valence-electron chi connectivity index (χ4n) is 8.43. The molecule has 17 heteroatoms. The number of likely N-dealkylation sites (tertiary alicyclic amines) is 2. The van der Waals surface area contributed by atoms with Gasteiger partial charge in [-0.25, -0.2) is 18.4 Å². The summed E-state index contributed by atoms with van der Waals surface area (Å²) in [4.78, 5) is 46.3. The molecule has 4 aromatic rings. The molecule has 2 amide bonds. The van der Waals surface area contributed by atoms with Gasteiger partial charge in [0.15, 0.2) is 11.6 Å². The third-order valence-corrected chi connectivity index (χ3v) is 12.0. The number of amides is 2. The van der Waals surface area contributed by atoms with Gasteiger partial charge in [0.1, 0.15) is 40.2 Å². The van der Waals surface area contributed by atoms with Gasteiger partial charge in [-0.15, -0.1) is 11.3 Å². The van der Waals surface area contributed by atoms with E-state index >= 15 is 8.78 Å². The number of halogens is 2. The molecule has 4 aliphatic rings. The molecule has 0 radical (unpaired) electrons. The molecule has 3 unspecified atom stereocenters. The standard InChI is InChI=1S/C40H46F2N8O6S/c1-39(2,3)55-37(51)47-35-23(13-43)28-31(44-14-26(41)33(28)57-35)27-24-18-53-19-25(24)29-32(30(27)42)45-36(54-17-22-9-8-12-48(22)7)46-34(29)50-20-10-11-21(50)16-49(15-20)38(52)56-40(4,5)6/h14,20-22H,8-12,15-19H2,1-7H3,(H,47,51). The lowest BCUT2D eigenvalue weighted by atomic mass is 9.93. The van der Waals surface area contributed by atoms with E-state index in [9.17, 15) is 14.9 Å². The summed E-state index contributed by atoms with van der Waals surface area (Å²) in [6.45, 7) is 12.8. The van der Waals surface area contributed by atoms with Crippen molar-refractivity contribution < 1.29 is 37.3 Å². The number of pyridine rings is 1. The minimum atomic E-state index is -0.832. The number of anilines is 2. The number of nitriles is 1. The number of nitrogens with zero attached hydrogens (tertiary/aromatic N) is 7. The van der Waals surface area contributed by atoms with Crippen molar-refractivity contribution in [2.45, 2.75) is 110 Å². The van der Waals surface area contributed by atoms with Crippen molar-refractivity contribution in [3.05, 3.63) is 34.5 Å². The average molecular weight is 805 g/mol. The number of piperazine rings is 1. The van der Waals surface area contributed by atoms with Crippen molar-refractivity contribution in [3.63, 3.8) is 0 Å². The number of carbonyl (C=O) groups excluding carboxylic acids is 2. The van der Waals surface area contributed by atoms with Crippen LogP contribution in [0.3, 0.4) is 0 Å². The molecule has 3 saturated heterocycles. The van der Waals surface area contributed by atoms with Gasteiger partial charge in [-0.05, 0) is 91.9 Å². The lowest BCUT2D eigenvalue weighted by Crippen LogP contribution is -2.56. The Morgan fingerprint density at radius 3 is 2.37 bits per heavy atom. The number of carbonyl (C=O) groups is 2. The zero-order chi connectivity index (χ0) is 40.6. The van der Waals surface area contributed by atoms with Gasteiger partial charge in [-0.1, -0.05) is 0 Å². The highest BCUT2D eigenvalue weighted by Gasteiger charge is 2.45. The lowest BCUT2D eigenvalue weighted by molar-refractivity contribution is 0.0209. The van der Waals surface area contributed by atoms with Crippen LogP contribution in [0.1, 0.15) is 83.9 Å². The SMILES string of the molecule is CN1CCCC1COc1nc(N2C3CCC2CN(C(=O)OC(C)(C)C)C3)c2c3c(c(-c4ncc(F)c5sc(NC(=O)OC(C)(C)C)c(C#N)c45)c(F)c2n1)COC3. The topological polar surface area (TPSA) is 155 Å². The first-order chi connectivity index (χ1) is 27.0. The Kier molecular flexibility index (Phi) is 9.89. The van der Waals surface area contributed by atoms with Gasteiger partial charge in [0.25, 0.3) is 0 Å². The van der Waals surface area contributed by atoms with E-state index in [0.29, 0.717) is 42.0 Å². The summed E-state index contributed by atoms with van der Waals surface area (Å²) in [6, 6.07) is 1.95. The zero-order valence-electron chi connectivity index (χ0n) is 33.1. The fraction of sp³-hybridized carbons (Fsp3) is 0.550. The van der Waals surface area contributed by atoms with Gasteiger partial charge in [0, 0.05) is 42.2 Å². The molecule has 1 aromatic carbocycles. The molecule has 0 aliphatic carbocycles. The van der Waals surface area contributed by atoms with E-state index in [1.807, 2.05) is 27.8 Å². The first-order valence-corrected chi connectivity index (χ1v) is 20.1. The minimum absolute atomic E-state index is 0.00444. The number of rotatable bonds is 6. The van der Waals surface area contributed by atoms with E-state index in [1.54, 1.807) is 25.7 Å². The largest absolute Gasteiger partial charge is 0.462 e. The highest BCUT2D eigenvalue weighted by Crippen LogP contribution is 2.48. The summed E-state index contributed by atoms with van der Waals surface area (Å²) in [5.41, 5.74) is -0.437. The number of ether oxygens (including phenoxy) is 4. The van der Waals surface area contributed by atoms with Crippen LogP contribution in [-0.4, -0.2) is 99.6 Å². The Bertz CT molecular complexity index is 2320. The van der Waals surface area contributed by atoms with Crippen LogP contribution in [0.4, 0.5) is 29.2 Å². The second-order valence-electron chi connectivity index (χ2n) is 17.2.